The molecule has 1 aliphatic heterocycles. The Morgan fingerprint density at radius 3 is 2.64 bits per heavy atom. The largest absolute Gasteiger partial charge is 0.433 e. The van der Waals surface area contributed by atoms with Crippen LogP contribution in [0.2, 0.25) is 0 Å². The average molecular weight is 375 g/mol. The van der Waals surface area contributed by atoms with Gasteiger partial charge in [0, 0.05) is 24.5 Å². The van der Waals surface area contributed by atoms with Crippen molar-refractivity contribution < 1.29 is 26.4 Å². The molecule has 1 aliphatic rings. The van der Waals surface area contributed by atoms with Crippen molar-refractivity contribution in [3.63, 3.8) is 0 Å². The molecule has 0 radical (unpaired) electrons. The van der Waals surface area contributed by atoms with Crippen molar-refractivity contribution in [3.8, 4) is 5.95 Å². The van der Waals surface area contributed by atoms with Gasteiger partial charge in [0.2, 0.25) is 5.95 Å². The van der Waals surface area contributed by atoms with Gasteiger partial charge in [0.25, 0.3) is 5.91 Å². The number of carbonyl (C=O) groups is 1. The summed E-state index contributed by atoms with van der Waals surface area (Å²) < 4.78 is 63.1. The molecule has 0 bridgehead atoms. The average Bonchev–Trinajstić information content (AvgIpc) is 3.15. The van der Waals surface area contributed by atoms with E-state index in [9.17, 15) is 26.4 Å². The maximum atomic E-state index is 13.0. The van der Waals surface area contributed by atoms with Crippen molar-refractivity contribution in [3.05, 3.63) is 36.2 Å². The van der Waals surface area contributed by atoms with Gasteiger partial charge in [-0.15, -0.1) is 0 Å². The van der Waals surface area contributed by atoms with Gasteiger partial charge >= 0.3 is 6.18 Å². The fourth-order valence-electron chi connectivity index (χ4n) is 2.36. The molecule has 0 saturated carbocycles. The SMILES string of the molecule is O=C(N[C@@H]1CCS(=O)(=O)C1)c1cc(C(F)(F)F)nc(-n2ccnc2)n1. The topological polar surface area (TPSA) is 107 Å². The molecule has 0 spiro atoms. The fourth-order valence-corrected chi connectivity index (χ4v) is 4.03. The Hall–Kier alpha value is -2.50. The summed E-state index contributed by atoms with van der Waals surface area (Å²) >= 11 is 0. The minimum absolute atomic E-state index is 0.0736. The summed E-state index contributed by atoms with van der Waals surface area (Å²) in [5, 5.41) is 2.40. The molecular formula is C13H12F3N5O3S. The second kappa shape index (κ2) is 6.10. The number of carbonyl (C=O) groups excluding carboxylic acids is 1. The van der Waals surface area contributed by atoms with E-state index in [1.165, 1.54) is 18.7 Å². The standard InChI is InChI=1S/C13H12F3N5O3S/c14-13(15,16)10-5-9(19-12(20-10)21-3-2-17-7-21)11(22)18-8-1-4-25(23,24)6-8/h2-3,5,7-8H,1,4,6H2,(H,18,22)/t8-/m1/s1. The highest BCUT2D eigenvalue weighted by Crippen LogP contribution is 2.28. The van der Waals surface area contributed by atoms with E-state index in [1.54, 1.807) is 0 Å². The highest BCUT2D eigenvalue weighted by Gasteiger charge is 2.35. The number of halogens is 3. The van der Waals surface area contributed by atoms with Gasteiger partial charge in [-0.25, -0.2) is 23.4 Å². The van der Waals surface area contributed by atoms with Crippen molar-refractivity contribution in [2.24, 2.45) is 0 Å². The van der Waals surface area contributed by atoms with Gasteiger partial charge in [0.05, 0.1) is 11.5 Å². The Morgan fingerprint density at radius 1 is 1.32 bits per heavy atom. The summed E-state index contributed by atoms with van der Waals surface area (Å²) in [6.45, 7) is 0. The molecule has 1 fully saturated rings. The van der Waals surface area contributed by atoms with E-state index < -0.39 is 39.4 Å². The van der Waals surface area contributed by atoms with E-state index in [0.717, 1.165) is 4.57 Å². The van der Waals surface area contributed by atoms with Crippen LogP contribution in [-0.4, -0.2) is 51.4 Å². The van der Waals surface area contributed by atoms with Crippen LogP contribution in [0.5, 0.6) is 0 Å². The zero-order chi connectivity index (χ0) is 18.2. The van der Waals surface area contributed by atoms with Crippen LogP contribution < -0.4 is 5.32 Å². The number of aromatic nitrogens is 4. The molecule has 3 heterocycles. The Kier molecular flexibility index (Phi) is 4.22. The van der Waals surface area contributed by atoms with E-state index in [0.29, 0.717) is 6.07 Å². The summed E-state index contributed by atoms with van der Waals surface area (Å²) in [6.07, 6.45) is -0.710. The van der Waals surface area contributed by atoms with Gasteiger partial charge in [-0.3, -0.25) is 9.36 Å². The van der Waals surface area contributed by atoms with E-state index in [-0.39, 0.29) is 23.9 Å². The zero-order valence-electron chi connectivity index (χ0n) is 12.6. The minimum atomic E-state index is -4.77. The number of alkyl halides is 3. The first-order valence-electron chi connectivity index (χ1n) is 7.10. The Balaban J connectivity index is 1.92. The fraction of sp³-hybridized carbons (Fsp3) is 0.385. The number of nitrogens with zero attached hydrogens (tertiary/aromatic N) is 4. The van der Waals surface area contributed by atoms with Gasteiger partial charge < -0.3 is 5.32 Å². The number of nitrogens with one attached hydrogen (secondary N) is 1. The predicted molar refractivity (Wildman–Crippen MR) is 78.7 cm³/mol. The maximum Gasteiger partial charge on any atom is 0.433 e. The quantitative estimate of drug-likeness (QED) is 0.842. The zero-order valence-corrected chi connectivity index (χ0v) is 13.4. The number of rotatable bonds is 3. The normalized spacial score (nSPS) is 19.7. The Bertz CT molecular complexity index is 896. The van der Waals surface area contributed by atoms with Crippen LogP contribution >= 0.6 is 0 Å². The number of imidazole rings is 1. The van der Waals surface area contributed by atoms with Crippen LogP contribution in [0.25, 0.3) is 5.95 Å². The van der Waals surface area contributed by atoms with E-state index in [4.69, 9.17) is 0 Å². The van der Waals surface area contributed by atoms with Crippen LogP contribution in [0, 0.1) is 0 Å². The first-order chi connectivity index (χ1) is 11.6. The monoisotopic (exact) mass is 375 g/mol. The molecule has 25 heavy (non-hydrogen) atoms. The molecule has 134 valence electrons. The van der Waals surface area contributed by atoms with Crippen LogP contribution in [0.4, 0.5) is 13.2 Å². The van der Waals surface area contributed by atoms with E-state index in [2.05, 4.69) is 20.3 Å². The third kappa shape index (κ3) is 3.95. The first-order valence-corrected chi connectivity index (χ1v) is 8.92. The van der Waals surface area contributed by atoms with Crippen LogP contribution in [0.3, 0.4) is 0 Å². The van der Waals surface area contributed by atoms with Gasteiger partial charge in [-0.05, 0) is 6.42 Å². The summed E-state index contributed by atoms with van der Waals surface area (Å²) in [7, 11) is -3.24. The number of amides is 1. The second-order valence-electron chi connectivity index (χ2n) is 5.48. The molecule has 2 aromatic heterocycles. The highest BCUT2D eigenvalue weighted by molar-refractivity contribution is 7.91. The van der Waals surface area contributed by atoms with Gasteiger partial charge in [0.1, 0.15) is 12.0 Å². The lowest BCUT2D eigenvalue weighted by Crippen LogP contribution is -2.36. The molecule has 0 aromatic carbocycles. The third-order valence-electron chi connectivity index (χ3n) is 3.54. The van der Waals surface area contributed by atoms with Crippen LogP contribution in [-0.2, 0) is 16.0 Å². The van der Waals surface area contributed by atoms with Crippen LogP contribution in [0.1, 0.15) is 22.6 Å². The van der Waals surface area contributed by atoms with Gasteiger partial charge in [-0.1, -0.05) is 0 Å². The summed E-state index contributed by atoms with van der Waals surface area (Å²) in [6, 6.07) is -0.127. The molecule has 0 unspecified atom stereocenters. The van der Waals surface area contributed by atoms with Gasteiger partial charge in [-0.2, -0.15) is 13.2 Å². The Morgan fingerprint density at radius 2 is 2.08 bits per heavy atom. The van der Waals surface area contributed by atoms with Crippen LogP contribution in [0.15, 0.2) is 24.8 Å². The third-order valence-corrected chi connectivity index (χ3v) is 5.31. The molecule has 1 N–H and O–H groups in total. The lowest BCUT2D eigenvalue weighted by Gasteiger charge is -2.13. The number of hydrogen-bond acceptors (Lipinski definition) is 6. The molecular weight excluding hydrogens is 363 g/mol. The second-order valence-corrected chi connectivity index (χ2v) is 7.71. The molecule has 0 aliphatic carbocycles. The molecule has 1 amide bonds. The molecule has 12 heteroatoms. The minimum Gasteiger partial charge on any atom is -0.347 e. The smallest absolute Gasteiger partial charge is 0.347 e. The molecule has 8 nitrogen and oxygen atoms in total. The molecule has 1 atom stereocenters. The molecule has 1 saturated heterocycles. The van der Waals surface area contributed by atoms with E-state index in [1.807, 2.05) is 0 Å². The van der Waals surface area contributed by atoms with Crippen molar-refractivity contribution in [2.75, 3.05) is 11.5 Å². The lowest BCUT2D eigenvalue weighted by molar-refractivity contribution is -0.141. The highest BCUT2D eigenvalue weighted by atomic mass is 32.2. The predicted octanol–water partition coefficient (Wildman–Crippen LogP) is 0.598. The summed E-state index contributed by atoms with van der Waals surface area (Å²) in [5.41, 5.74) is -1.79. The first kappa shape index (κ1) is 17.3. The summed E-state index contributed by atoms with van der Waals surface area (Å²) in [5.74, 6) is -1.58. The number of sulfone groups is 1. The number of hydrogen-bond donors (Lipinski definition) is 1. The Labute approximate surface area is 140 Å². The van der Waals surface area contributed by atoms with Crippen molar-refractivity contribution in [2.45, 2.75) is 18.6 Å². The van der Waals surface area contributed by atoms with Crippen molar-refractivity contribution in [1.82, 2.24) is 24.8 Å². The maximum absolute atomic E-state index is 13.0. The van der Waals surface area contributed by atoms with Gasteiger partial charge in [0.15, 0.2) is 15.5 Å². The summed E-state index contributed by atoms with van der Waals surface area (Å²) in [4.78, 5) is 23.1. The lowest BCUT2D eigenvalue weighted by atomic mass is 10.2. The molecule has 2 aromatic rings. The van der Waals surface area contributed by atoms with Crippen molar-refractivity contribution >= 4 is 15.7 Å². The molecule has 3 rings (SSSR count). The van der Waals surface area contributed by atoms with E-state index >= 15 is 0 Å². The van der Waals surface area contributed by atoms with Crippen molar-refractivity contribution in [1.29, 1.82) is 0 Å².